The van der Waals surface area contributed by atoms with Crippen LogP contribution in [0.1, 0.15) is 11.6 Å². The maximum Gasteiger partial charge on any atom is 0.187 e. The lowest BCUT2D eigenvalue weighted by Crippen LogP contribution is -2.46. The van der Waals surface area contributed by atoms with Crippen molar-refractivity contribution in [3.63, 3.8) is 0 Å². The van der Waals surface area contributed by atoms with Gasteiger partial charge in [0, 0.05) is 43.2 Å². The molecular weight excluding hydrogens is 426 g/mol. The SMILES string of the molecule is O=CC1OCC(c2ccc(N3CCN(c4ccccc4)CC3)cc2)N1c1ccc2nc[nH]c2c1. The largest absolute Gasteiger partial charge is 0.368 e. The molecule has 2 unspecified atom stereocenters. The van der Waals surface area contributed by atoms with Crippen LogP contribution in [0.4, 0.5) is 17.1 Å². The van der Waals surface area contributed by atoms with E-state index in [0.29, 0.717) is 6.61 Å². The number of anilines is 3. The fraction of sp³-hybridized carbons (Fsp3) is 0.259. The Kier molecular flexibility index (Phi) is 5.39. The molecule has 4 aromatic rings. The summed E-state index contributed by atoms with van der Waals surface area (Å²) in [5.41, 5.74) is 6.44. The normalized spacial score (nSPS) is 20.8. The first-order valence-corrected chi connectivity index (χ1v) is 11.7. The third-order valence-corrected chi connectivity index (χ3v) is 6.90. The smallest absolute Gasteiger partial charge is 0.187 e. The van der Waals surface area contributed by atoms with Gasteiger partial charge in [-0.15, -0.1) is 0 Å². The number of imidazole rings is 1. The molecule has 7 nitrogen and oxygen atoms in total. The number of nitrogens with zero attached hydrogens (tertiary/aromatic N) is 4. The van der Waals surface area contributed by atoms with E-state index in [0.717, 1.165) is 54.7 Å². The van der Waals surface area contributed by atoms with Gasteiger partial charge in [0.25, 0.3) is 0 Å². The topological polar surface area (TPSA) is 64.7 Å². The molecule has 0 spiro atoms. The van der Waals surface area contributed by atoms with Gasteiger partial charge in [0.2, 0.25) is 0 Å². The predicted octanol–water partition coefficient (Wildman–Crippen LogP) is 3.99. The van der Waals surface area contributed by atoms with Crippen molar-refractivity contribution in [1.29, 1.82) is 0 Å². The summed E-state index contributed by atoms with van der Waals surface area (Å²) >= 11 is 0. The van der Waals surface area contributed by atoms with Gasteiger partial charge in [-0.2, -0.15) is 0 Å². The molecule has 1 N–H and O–H groups in total. The van der Waals surface area contributed by atoms with E-state index in [1.807, 2.05) is 18.2 Å². The Bertz CT molecular complexity index is 1270. The Morgan fingerprint density at radius 3 is 2.24 bits per heavy atom. The molecule has 172 valence electrons. The second-order valence-electron chi connectivity index (χ2n) is 8.79. The highest BCUT2D eigenvalue weighted by atomic mass is 16.5. The second-order valence-corrected chi connectivity index (χ2v) is 8.79. The number of ether oxygens (including phenoxy) is 1. The summed E-state index contributed by atoms with van der Waals surface area (Å²) in [5.74, 6) is 0. The van der Waals surface area contributed by atoms with Gasteiger partial charge in [-0.05, 0) is 48.0 Å². The van der Waals surface area contributed by atoms with Crippen molar-refractivity contribution in [1.82, 2.24) is 9.97 Å². The van der Waals surface area contributed by atoms with Gasteiger partial charge in [0.15, 0.2) is 12.5 Å². The van der Waals surface area contributed by atoms with Gasteiger partial charge in [0.05, 0.1) is 30.0 Å². The zero-order chi connectivity index (χ0) is 22.9. The van der Waals surface area contributed by atoms with E-state index in [2.05, 4.69) is 79.3 Å². The number of hydrogen-bond acceptors (Lipinski definition) is 6. The van der Waals surface area contributed by atoms with Crippen LogP contribution in [-0.2, 0) is 9.53 Å². The average Bonchev–Trinajstić information content (AvgIpc) is 3.56. The molecular formula is C27H27N5O2. The number of carbonyl (C=O) groups is 1. The predicted molar refractivity (Wildman–Crippen MR) is 134 cm³/mol. The van der Waals surface area contributed by atoms with E-state index in [4.69, 9.17) is 4.74 Å². The lowest BCUT2D eigenvalue weighted by atomic mass is 10.0. The lowest BCUT2D eigenvalue weighted by molar-refractivity contribution is -0.115. The third kappa shape index (κ3) is 3.78. The molecule has 2 atom stereocenters. The van der Waals surface area contributed by atoms with Crippen LogP contribution in [0.25, 0.3) is 11.0 Å². The van der Waals surface area contributed by atoms with E-state index in [9.17, 15) is 4.79 Å². The molecule has 2 fully saturated rings. The number of carbonyl (C=O) groups excluding carboxylic acids is 1. The summed E-state index contributed by atoms with van der Waals surface area (Å²) in [6.07, 6.45) is 1.95. The number of rotatable bonds is 5. The molecule has 3 heterocycles. The van der Waals surface area contributed by atoms with E-state index < -0.39 is 6.23 Å². The minimum Gasteiger partial charge on any atom is -0.368 e. The molecule has 0 amide bonds. The molecule has 0 aliphatic carbocycles. The Hall–Kier alpha value is -3.84. The number of aromatic amines is 1. The van der Waals surface area contributed by atoms with Crippen LogP contribution in [0.15, 0.2) is 79.1 Å². The Morgan fingerprint density at radius 1 is 0.853 bits per heavy atom. The third-order valence-electron chi connectivity index (χ3n) is 6.90. The van der Waals surface area contributed by atoms with Crippen molar-refractivity contribution in [3.8, 4) is 0 Å². The number of hydrogen-bond donors (Lipinski definition) is 1. The fourth-order valence-electron chi connectivity index (χ4n) is 5.07. The molecule has 0 saturated carbocycles. The number of benzene rings is 3. The lowest BCUT2D eigenvalue weighted by Gasteiger charge is -2.37. The van der Waals surface area contributed by atoms with E-state index in [1.54, 1.807) is 6.33 Å². The number of aldehydes is 1. The fourth-order valence-corrected chi connectivity index (χ4v) is 5.07. The highest BCUT2D eigenvalue weighted by Gasteiger charge is 2.35. The maximum atomic E-state index is 11.8. The minimum absolute atomic E-state index is 0.0282. The van der Waals surface area contributed by atoms with Crippen molar-refractivity contribution < 1.29 is 9.53 Å². The summed E-state index contributed by atoms with van der Waals surface area (Å²) < 4.78 is 5.85. The summed E-state index contributed by atoms with van der Waals surface area (Å²) in [6.45, 7) is 4.47. The number of H-pyrrole nitrogens is 1. The van der Waals surface area contributed by atoms with Crippen LogP contribution < -0.4 is 14.7 Å². The maximum absolute atomic E-state index is 11.8. The quantitative estimate of drug-likeness (QED) is 0.461. The molecule has 2 aliphatic rings. The molecule has 1 aromatic heterocycles. The zero-order valence-corrected chi connectivity index (χ0v) is 18.9. The first kappa shape index (κ1) is 20.7. The number of fused-ring (bicyclic) bond motifs is 1. The molecule has 2 aliphatic heterocycles. The van der Waals surface area contributed by atoms with Crippen molar-refractivity contribution in [3.05, 3.63) is 84.7 Å². The minimum atomic E-state index is -0.601. The van der Waals surface area contributed by atoms with Gasteiger partial charge < -0.3 is 24.4 Å². The molecule has 0 bridgehead atoms. The first-order valence-electron chi connectivity index (χ1n) is 11.7. The summed E-state index contributed by atoms with van der Waals surface area (Å²) in [7, 11) is 0. The van der Waals surface area contributed by atoms with Crippen LogP contribution in [0.5, 0.6) is 0 Å². The number of para-hydroxylation sites is 1. The molecule has 6 rings (SSSR count). The second kappa shape index (κ2) is 8.83. The number of piperazine rings is 1. The van der Waals surface area contributed by atoms with E-state index in [-0.39, 0.29) is 6.04 Å². The van der Waals surface area contributed by atoms with Gasteiger partial charge in [-0.1, -0.05) is 30.3 Å². The van der Waals surface area contributed by atoms with Crippen molar-refractivity contribution in [2.45, 2.75) is 12.3 Å². The van der Waals surface area contributed by atoms with Crippen LogP contribution >= 0.6 is 0 Å². The van der Waals surface area contributed by atoms with Crippen molar-refractivity contribution in [2.24, 2.45) is 0 Å². The first-order chi connectivity index (χ1) is 16.8. The van der Waals surface area contributed by atoms with Crippen LogP contribution in [0.3, 0.4) is 0 Å². The van der Waals surface area contributed by atoms with Gasteiger partial charge in [0.1, 0.15) is 0 Å². The van der Waals surface area contributed by atoms with Crippen LogP contribution in [0, 0.1) is 0 Å². The van der Waals surface area contributed by atoms with Crippen molar-refractivity contribution in [2.75, 3.05) is 47.5 Å². The van der Waals surface area contributed by atoms with Gasteiger partial charge in [-0.25, -0.2) is 4.98 Å². The highest BCUT2D eigenvalue weighted by Crippen LogP contribution is 2.36. The Balaban J connectivity index is 1.19. The Labute approximate surface area is 198 Å². The van der Waals surface area contributed by atoms with Gasteiger partial charge >= 0.3 is 0 Å². The summed E-state index contributed by atoms with van der Waals surface area (Å²) in [4.78, 5) is 26.2. The standard InChI is InChI=1S/C27H27N5O2/c33-17-27-32(23-10-11-24-25(16-23)29-19-28-24)26(18-34-27)20-6-8-22(9-7-20)31-14-12-30(13-15-31)21-4-2-1-3-5-21/h1-11,16-17,19,26-27H,12-15,18H2,(H,28,29). The number of aromatic nitrogens is 2. The van der Waals surface area contributed by atoms with Gasteiger partial charge in [-0.3, -0.25) is 4.79 Å². The van der Waals surface area contributed by atoms with Crippen LogP contribution in [-0.4, -0.2) is 55.3 Å². The zero-order valence-electron chi connectivity index (χ0n) is 18.9. The van der Waals surface area contributed by atoms with E-state index in [1.165, 1.54) is 11.4 Å². The highest BCUT2D eigenvalue weighted by molar-refractivity contribution is 5.80. The van der Waals surface area contributed by atoms with Crippen LogP contribution in [0.2, 0.25) is 0 Å². The Morgan fingerprint density at radius 2 is 1.53 bits per heavy atom. The monoisotopic (exact) mass is 453 g/mol. The number of nitrogens with one attached hydrogen (secondary N) is 1. The van der Waals surface area contributed by atoms with E-state index >= 15 is 0 Å². The molecule has 2 saturated heterocycles. The molecule has 0 radical (unpaired) electrons. The summed E-state index contributed by atoms with van der Waals surface area (Å²) in [6, 6.07) is 25.3. The summed E-state index contributed by atoms with van der Waals surface area (Å²) in [5, 5.41) is 0. The molecule has 7 heteroatoms. The average molecular weight is 454 g/mol. The van der Waals surface area contributed by atoms with Crippen molar-refractivity contribution >= 4 is 34.4 Å². The molecule has 3 aromatic carbocycles. The molecule has 34 heavy (non-hydrogen) atoms.